The van der Waals surface area contributed by atoms with Gasteiger partial charge in [-0.15, -0.1) is 0 Å². The van der Waals surface area contributed by atoms with E-state index in [4.69, 9.17) is 0 Å². The zero-order valence-electron chi connectivity index (χ0n) is 8.07. The van der Waals surface area contributed by atoms with Crippen LogP contribution in [0.1, 0.15) is 26.2 Å². The Labute approximate surface area is 79.5 Å². The summed E-state index contributed by atoms with van der Waals surface area (Å²) in [7, 11) is 0. The van der Waals surface area contributed by atoms with Crippen molar-refractivity contribution in [2.75, 3.05) is 0 Å². The predicted octanol–water partition coefficient (Wildman–Crippen LogP) is 2.73. The monoisotopic (exact) mass is 176 g/mol. The number of hydrogen-bond donors (Lipinski definition) is 0. The lowest BCUT2D eigenvalue weighted by molar-refractivity contribution is -0.105. The standard InChI is InChI=1S/C12H16O/c1-2-9(8-13)5-12-7-10-3-4-11(12)6-10/h3-5,8,10-12H,2,6-7H2,1H3. The fraction of sp³-hybridized carbons (Fsp3) is 0.583. The zero-order chi connectivity index (χ0) is 9.26. The first kappa shape index (κ1) is 8.74. The average molecular weight is 176 g/mol. The van der Waals surface area contributed by atoms with Crippen LogP contribution in [0.15, 0.2) is 23.8 Å². The molecule has 2 rings (SSSR count). The highest BCUT2D eigenvalue weighted by Crippen LogP contribution is 2.44. The van der Waals surface area contributed by atoms with Crippen LogP contribution in [0.5, 0.6) is 0 Å². The molecule has 1 nitrogen and oxygen atoms in total. The molecular formula is C12H16O. The van der Waals surface area contributed by atoms with Crippen LogP contribution in [-0.2, 0) is 4.79 Å². The Morgan fingerprint density at radius 2 is 2.31 bits per heavy atom. The van der Waals surface area contributed by atoms with Crippen molar-refractivity contribution in [3.05, 3.63) is 23.8 Å². The van der Waals surface area contributed by atoms with Gasteiger partial charge in [0.05, 0.1) is 0 Å². The maximum absolute atomic E-state index is 10.6. The zero-order valence-corrected chi connectivity index (χ0v) is 8.07. The second-order valence-electron chi connectivity index (χ2n) is 4.16. The van der Waals surface area contributed by atoms with E-state index in [0.717, 1.165) is 30.1 Å². The number of aldehydes is 1. The first-order valence-electron chi connectivity index (χ1n) is 5.17. The summed E-state index contributed by atoms with van der Waals surface area (Å²) in [5, 5.41) is 0. The Bertz CT molecular complexity index is 262. The molecule has 2 aliphatic rings. The van der Waals surface area contributed by atoms with Crippen LogP contribution in [0.4, 0.5) is 0 Å². The lowest BCUT2D eigenvalue weighted by Crippen LogP contribution is -2.04. The minimum atomic E-state index is 0.648. The largest absolute Gasteiger partial charge is 0.298 e. The van der Waals surface area contributed by atoms with Gasteiger partial charge >= 0.3 is 0 Å². The van der Waals surface area contributed by atoms with Crippen molar-refractivity contribution in [3.8, 4) is 0 Å². The Kier molecular flexibility index (Phi) is 2.34. The predicted molar refractivity (Wildman–Crippen MR) is 53.3 cm³/mol. The Hall–Kier alpha value is -0.850. The third-order valence-corrected chi connectivity index (χ3v) is 3.32. The lowest BCUT2D eigenvalue weighted by Gasteiger charge is -2.13. The van der Waals surface area contributed by atoms with Gasteiger partial charge in [-0.1, -0.05) is 25.2 Å². The van der Waals surface area contributed by atoms with Crippen molar-refractivity contribution in [1.82, 2.24) is 0 Å². The molecule has 0 heterocycles. The van der Waals surface area contributed by atoms with E-state index in [1.807, 2.05) is 6.92 Å². The molecule has 2 bridgehead atoms. The highest BCUT2D eigenvalue weighted by atomic mass is 16.1. The second kappa shape index (κ2) is 3.49. The van der Waals surface area contributed by atoms with Crippen molar-refractivity contribution in [1.29, 1.82) is 0 Å². The van der Waals surface area contributed by atoms with E-state index in [0.29, 0.717) is 5.92 Å². The summed E-state index contributed by atoms with van der Waals surface area (Å²) >= 11 is 0. The highest BCUT2D eigenvalue weighted by molar-refractivity contribution is 5.73. The van der Waals surface area contributed by atoms with E-state index in [1.54, 1.807) is 0 Å². The smallest absolute Gasteiger partial charge is 0.145 e. The number of rotatable bonds is 3. The maximum Gasteiger partial charge on any atom is 0.145 e. The van der Waals surface area contributed by atoms with Gasteiger partial charge in [-0.2, -0.15) is 0 Å². The molecule has 0 N–H and O–H groups in total. The van der Waals surface area contributed by atoms with Crippen LogP contribution in [0, 0.1) is 17.8 Å². The first-order chi connectivity index (χ1) is 6.33. The van der Waals surface area contributed by atoms with E-state index < -0.39 is 0 Å². The number of fused-ring (bicyclic) bond motifs is 2. The summed E-state index contributed by atoms with van der Waals surface area (Å²) in [6, 6.07) is 0. The van der Waals surface area contributed by atoms with Crippen molar-refractivity contribution in [2.45, 2.75) is 26.2 Å². The molecule has 2 aliphatic carbocycles. The number of carbonyl (C=O) groups excluding carboxylic acids is 1. The Morgan fingerprint density at radius 1 is 1.46 bits per heavy atom. The summed E-state index contributed by atoms with van der Waals surface area (Å²) in [4.78, 5) is 10.6. The van der Waals surface area contributed by atoms with Gasteiger partial charge in [0.1, 0.15) is 6.29 Å². The molecule has 0 saturated heterocycles. The van der Waals surface area contributed by atoms with Crippen molar-refractivity contribution < 1.29 is 4.79 Å². The van der Waals surface area contributed by atoms with Gasteiger partial charge in [0, 0.05) is 0 Å². The van der Waals surface area contributed by atoms with Crippen molar-refractivity contribution in [2.24, 2.45) is 17.8 Å². The molecular weight excluding hydrogens is 160 g/mol. The molecule has 0 amide bonds. The SMILES string of the molecule is CCC(C=O)=CC1CC2C=CC1C2. The lowest BCUT2D eigenvalue weighted by atomic mass is 9.91. The van der Waals surface area contributed by atoms with Crippen LogP contribution in [0.2, 0.25) is 0 Å². The van der Waals surface area contributed by atoms with Gasteiger partial charge < -0.3 is 0 Å². The molecule has 1 heteroatoms. The van der Waals surface area contributed by atoms with Crippen LogP contribution >= 0.6 is 0 Å². The Balaban J connectivity index is 2.07. The molecule has 0 aromatic carbocycles. The average Bonchev–Trinajstić information content (AvgIpc) is 2.75. The normalized spacial score (nSPS) is 37.0. The van der Waals surface area contributed by atoms with Gasteiger partial charge in [0.25, 0.3) is 0 Å². The summed E-state index contributed by atoms with van der Waals surface area (Å²) in [6.07, 6.45) is 11.3. The third-order valence-electron chi connectivity index (χ3n) is 3.32. The minimum absolute atomic E-state index is 0.648. The van der Waals surface area contributed by atoms with Crippen molar-refractivity contribution >= 4 is 6.29 Å². The molecule has 70 valence electrons. The number of allylic oxidation sites excluding steroid dienone is 4. The van der Waals surface area contributed by atoms with Gasteiger partial charge in [-0.3, -0.25) is 4.79 Å². The number of carbonyl (C=O) groups is 1. The van der Waals surface area contributed by atoms with E-state index in [1.165, 1.54) is 12.8 Å². The van der Waals surface area contributed by atoms with Gasteiger partial charge in [-0.25, -0.2) is 0 Å². The highest BCUT2D eigenvalue weighted by Gasteiger charge is 2.34. The first-order valence-corrected chi connectivity index (χ1v) is 5.17. The molecule has 3 unspecified atom stereocenters. The van der Waals surface area contributed by atoms with Gasteiger partial charge in [0.2, 0.25) is 0 Å². The summed E-state index contributed by atoms with van der Waals surface area (Å²) in [6.45, 7) is 2.04. The molecule has 0 aliphatic heterocycles. The topological polar surface area (TPSA) is 17.1 Å². The maximum atomic E-state index is 10.6. The molecule has 0 aromatic heterocycles. The Morgan fingerprint density at radius 3 is 2.77 bits per heavy atom. The van der Waals surface area contributed by atoms with Gasteiger partial charge in [0.15, 0.2) is 0 Å². The van der Waals surface area contributed by atoms with E-state index in [2.05, 4.69) is 18.2 Å². The number of hydrogen-bond acceptors (Lipinski definition) is 1. The fourth-order valence-corrected chi connectivity index (χ4v) is 2.53. The molecule has 3 atom stereocenters. The third kappa shape index (κ3) is 1.60. The van der Waals surface area contributed by atoms with E-state index in [-0.39, 0.29) is 0 Å². The molecule has 0 aromatic rings. The fourth-order valence-electron chi connectivity index (χ4n) is 2.53. The van der Waals surface area contributed by atoms with Crippen LogP contribution in [0.25, 0.3) is 0 Å². The molecule has 1 saturated carbocycles. The van der Waals surface area contributed by atoms with E-state index in [9.17, 15) is 4.79 Å². The van der Waals surface area contributed by atoms with Crippen LogP contribution in [-0.4, -0.2) is 6.29 Å². The summed E-state index contributed by atoms with van der Waals surface area (Å²) < 4.78 is 0. The molecule has 13 heavy (non-hydrogen) atoms. The van der Waals surface area contributed by atoms with Crippen molar-refractivity contribution in [3.63, 3.8) is 0 Å². The summed E-state index contributed by atoms with van der Waals surface area (Å²) in [5.41, 5.74) is 0.978. The quantitative estimate of drug-likeness (QED) is 0.367. The van der Waals surface area contributed by atoms with Gasteiger partial charge in [-0.05, 0) is 42.6 Å². The van der Waals surface area contributed by atoms with Crippen LogP contribution < -0.4 is 0 Å². The summed E-state index contributed by atoms with van der Waals surface area (Å²) in [5.74, 6) is 2.18. The molecule has 0 radical (unpaired) electrons. The molecule has 1 fully saturated rings. The van der Waals surface area contributed by atoms with Crippen LogP contribution in [0.3, 0.4) is 0 Å². The van der Waals surface area contributed by atoms with E-state index >= 15 is 0 Å². The minimum Gasteiger partial charge on any atom is -0.298 e. The second-order valence-corrected chi connectivity index (χ2v) is 4.16. The molecule has 0 spiro atoms.